The van der Waals surface area contributed by atoms with Crippen LogP contribution < -0.4 is 15.1 Å². The van der Waals surface area contributed by atoms with Crippen LogP contribution in [0.2, 0.25) is 0 Å². The van der Waals surface area contributed by atoms with E-state index in [-0.39, 0.29) is 19.0 Å². The quantitative estimate of drug-likeness (QED) is 0.707. The molecule has 3 heterocycles. The van der Waals surface area contributed by atoms with Crippen LogP contribution in [0.5, 0.6) is 0 Å². The molecule has 8 nitrogen and oxygen atoms in total. The van der Waals surface area contributed by atoms with E-state index in [2.05, 4.69) is 10.2 Å². The van der Waals surface area contributed by atoms with Crippen LogP contribution in [-0.4, -0.2) is 67.3 Å². The molecule has 164 valence electrons. The zero-order chi connectivity index (χ0) is 22.0. The van der Waals surface area contributed by atoms with E-state index in [9.17, 15) is 14.0 Å². The van der Waals surface area contributed by atoms with E-state index in [1.165, 1.54) is 17.9 Å². The van der Waals surface area contributed by atoms with E-state index in [4.69, 9.17) is 21.4 Å². The highest BCUT2D eigenvalue weighted by molar-refractivity contribution is 7.80. The van der Waals surface area contributed by atoms with Crippen molar-refractivity contribution in [3.05, 3.63) is 48.2 Å². The lowest BCUT2D eigenvalue weighted by molar-refractivity contribution is -0.119. The molecule has 1 N–H and O–H groups in total. The average molecular weight is 447 g/mol. The van der Waals surface area contributed by atoms with E-state index >= 15 is 0 Å². The van der Waals surface area contributed by atoms with Gasteiger partial charge in [0.25, 0.3) is 0 Å². The van der Waals surface area contributed by atoms with Gasteiger partial charge in [-0.1, -0.05) is 12.2 Å². The van der Waals surface area contributed by atoms with Crippen LogP contribution >= 0.6 is 12.2 Å². The highest BCUT2D eigenvalue weighted by Crippen LogP contribution is 2.28. The van der Waals surface area contributed by atoms with Crippen molar-refractivity contribution in [3.63, 3.8) is 0 Å². The van der Waals surface area contributed by atoms with E-state index < -0.39 is 18.0 Å². The lowest BCUT2D eigenvalue weighted by atomic mass is 10.2. The zero-order valence-corrected chi connectivity index (χ0v) is 17.9. The van der Waals surface area contributed by atoms with Crippen molar-refractivity contribution in [1.82, 2.24) is 10.2 Å². The highest BCUT2D eigenvalue weighted by atomic mass is 32.1. The third-order valence-electron chi connectivity index (χ3n) is 5.37. The van der Waals surface area contributed by atoms with Crippen LogP contribution in [0.3, 0.4) is 0 Å². The first-order valence-electron chi connectivity index (χ1n) is 10.0. The topological polar surface area (TPSA) is 78.3 Å². The SMILES string of the molecule is CC(=O)NC[C@H]1CN(c2ccc(N3CCN(C(=S)c4ccoc4)CC3)c(F)c2)C(=O)O1. The largest absolute Gasteiger partial charge is 0.472 e. The van der Waals surface area contributed by atoms with Gasteiger partial charge in [-0.15, -0.1) is 0 Å². The first-order chi connectivity index (χ1) is 14.9. The summed E-state index contributed by atoms with van der Waals surface area (Å²) in [5.41, 5.74) is 1.78. The van der Waals surface area contributed by atoms with Crippen LogP contribution in [0.1, 0.15) is 12.5 Å². The summed E-state index contributed by atoms with van der Waals surface area (Å²) >= 11 is 5.51. The molecule has 2 aliphatic rings. The molecule has 0 saturated carbocycles. The highest BCUT2D eigenvalue weighted by Gasteiger charge is 2.33. The third kappa shape index (κ3) is 4.63. The Kier molecular flexibility index (Phi) is 6.08. The number of nitrogens with zero attached hydrogens (tertiary/aromatic N) is 3. The number of amides is 2. The Hall–Kier alpha value is -3.14. The summed E-state index contributed by atoms with van der Waals surface area (Å²) in [7, 11) is 0. The smallest absolute Gasteiger partial charge is 0.414 e. The predicted molar refractivity (Wildman–Crippen MR) is 117 cm³/mol. The lowest BCUT2D eigenvalue weighted by Gasteiger charge is -2.37. The van der Waals surface area contributed by atoms with E-state index in [0.717, 1.165) is 10.6 Å². The third-order valence-corrected chi connectivity index (χ3v) is 5.87. The summed E-state index contributed by atoms with van der Waals surface area (Å²) in [4.78, 5) is 29.4. The van der Waals surface area contributed by atoms with E-state index in [0.29, 0.717) is 37.6 Å². The van der Waals surface area contributed by atoms with Gasteiger partial charge in [0.05, 0.1) is 30.7 Å². The molecule has 0 unspecified atom stereocenters. The molecule has 0 aliphatic carbocycles. The number of thiocarbonyl (C=S) groups is 1. The van der Waals surface area contributed by atoms with Gasteiger partial charge in [-0.05, 0) is 24.3 Å². The van der Waals surface area contributed by atoms with Crippen molar-refractivity contribution < 1.29 is 23.1 Å². The van der Waals surface area contributed by atoms with Crippen molar-refractivity contribution in [1.29, 1.82) is 0 Å². The number of rotatable bonds is 5. The number of ether oxygens (including phenoxy) is 1. The van der Waals surface area contributed by atoms with Crippen LogP contribution in [-0.2, 0) is 9.53 Å². The number of nitrogens with one attached hydrogen (secondary N) is 1. The molecule has 0 bridgehead atoms. The molecule has 0 radical (unpaired) electrons. The molecule has 1 aromatic carbocycles. The summed E-state index contributed by atoms with van der Waals surface area (Å²) in [6.07, 6.45) is 2.19. The predicted octanol–water partition coefficient (Wildman–Crippen LogP) is 2.38. The standard InChI is InChI=1S/C21H23FN4O4S/c1-14(27)23-11-17-12-26(21(28)30-17)16-2-3-19(18(22)10-16)24-5-7-25(8-6-24)20(31)15-4-9-29-13-15/h2-4,9-10,13,17H,5-8,11-12H2,1H3,(H,23,27)/t17-/m0/s1. The van der Waals surface area contributed by atoms with Gasteiger partial charge in [0.1, 0.15) is 23.2 Å². The monoisotopic (exact) mass is 446 g/mol. The number of hydrogen-bond acceptors (Lipinski definition) is 6. The fraction of sp³-hybridized carbons (Fsp3) is 0.381. The Morgan fingerprint density at radius 1 is 1.26 bits per heavy atom. The first-order valence-corrected chi connectivity index (χ1v) is 10.4. The number of piperazine rings is 1. The summed E-state index contributed by atoms with van der Waals surface area (Å²) < 4.78 is 25.3. The molecule has 10 heteroatoms. The number of carbonyl (C=O) groups is 2. The van der Waals surface area contributed by atoms with Gasteiger partial charge in [-0.25, -0.2) is 9.18 Å². The van der Waals surface area contributed by atoms with Gasteiger partial charge < -0.3 is 24.3 Å². The Balaban J connectivity index is 1.38. The van der Waals surface area contributed by atoms with Crippen LogP contribution in [0.4, 0.5) is 20.6 Å². The molecule has 1 atom stereocenters. The van der Waals surface area contributed by atoms with Gasteiger partial charge in [0.15, 0.2) is 0 Å². The fourth-order valence-corrected chi connectivity index (χ4v) is 4.03. The minimum atomic E-state index is -0.552. The molecular weight excluding hydrogens is 423 g/mol. The Bertz CT molecular complexity index is 976. The molecule has 0 spiro atoms. The number of cyclic esters (lactones) is 1. The zero-order valence-electron chi connectivity index (χ0n) is 17.0. The van der Waals surface area contributed by atoms with Crippen molar-refractivity contribution in [2.45, 2.75) is 13.0 Å². The van der Waals surface area contributed by atoms with Crippen LogP contribution in [0, 0.1) is 5.82 Å². The van der Waals surface area contributed by atoms with Crippen LogP contribution in [0.15, 0.2) is 41.2 Å². The second-order valence-corrected chi connectivity index (χ2v) is 7.87. The maximum atomic E-state index is 14.9. The average Bonchev–Trinajstić information content (AvgIpc) is 3.42. The van der Waals surface area contributed by atoms with Crippen molar-refractivity contribution in [2.75, 3.05) is 49.1 Å². The Labute approximate surface area is 184 Å². The summed E-state index contributed by atoms with van der Waals surface area (Å²) in [6, 6.07) is 6.57. The number of carbonyl (C=O) groups excluding carboxylic acids is 2. The molecule has 2 fully saturated rings. The summed E-state index contributed by atoms with van der Waals surface area (Å²) in [5, 5.41) is 2.62. The van der Waals surface area contributed by atoms with E-state index in [1.807, 2.05) is 11.0 Å². The number of anilines is 2. The minimum absolute atomic E-state index is 0.199. The molecule has 1 aromatic heterocycles. The van der Waals surface area contributed by atoms with Gasteiger partial charge >= 0.3 is 6.09 Å². The Morgan fingerprint density at radius 3 is 2.68 bits per heavy atom. The molecule has 2 saturated heterocycles. The van der Waals surface area contributed by atoms with Crippen molar-refractivity contribution >= 4 is 40.6 Å². The van der Waals surface area contributed by atoms with Gasteiger partial charge in [0.2, 0.25) is 5.91 Å². The summed E-state index contributed by atoms with van der Waals surface area (Å²) in [6.45, 7) is 4.47. The molecule has 2 aromatic rings. The maximum Gasteiger partial charge on any atom is 0.414 e. The fourth-order valence-electron chi connectivity index (χ4n) is 3.74. The lowest BCUT2D eigenvalue weighted by Crippen LogP contribution is -2.48. The number of benzene rings is 1. The van der Waals surface area contributed by atoms with Gasteiger partial charge in [-0.2, -0.15) is 0 Å². The number of hydrogen-bond donors (Lipinski definition) is 1. The maximum absolute atomic E-state index is 14.9. The first kappa shape index (κ1) is 21.1. The van der Waals surface area contributed by atoms with Crippen LogP contribution in [0.25, 0.3) is 0 Å². The second-order valence-electron chi connectivity index (χ2n) is 7.48. The minimum Gasteiger partial charge on any atom is -0.472 e. The number of furan rings is 1. The normalized spacial score (nSPS) is 18.8. The molecule has 2 aliphatic heterocycles. The molecule has 2 amide bonds. The summed E-state index contributed by atoms with van der Waals surface area (Å²) in [5.74, 6) is -0.600. The molecular formula is C21H23FN4O4S. The van der Waals surface area contributed by atoms with Crippen molar-refractivity contribution in [3.8, 4) is 0 Å². The molecule has 31 heavy (non-hydrogen) atoms. The second kappa shape index (κ2) is 8.93. The number of halogens is 1. The van der Waals surface area contributed by atoms with Crippen molar-refractivity contribution in [2.24, 2.45) is 0 Å². The van der Waals surface area contributed by atoms with Gasteiger partial charge in [-0.3, -0.25) is 9.69 Å². The van der Waals surface area contributed by atoms with E-state index in [1.54, 1.807) is 24.7 Å². The Morgan fingerprint density at radius 2 is 2.03 bits per heavy atom. The molecule has 4 rings (SSSR count). The van der Waals surface area contributed by atoms with Gasteiger partial charge in [0, 0.05) is 38.7 Å².